The fraction of sp³-hybridized carbons (Fsp3) is 0.158. The predicted octanol–water partition coefficient (Wildman–Crippen LogP) is 4.57. The average Bonchev–Trinajstić information content (AvgIpc) is 2.50. The number of benzene rings is 2. The van der Waals surface area contributed by atoms with E-state index in [0.29, 0.717) is 6.04 Å². The molecule has 1 heteroatoms. The second kappa shape index (κ2) is 7.34. The van der Waals surface area contributed by atoms with Crippen molar-refractivity contribution in [3.8, 4) is 0 Å². The fourth-order valence-corrected chi connectivity index (χ4v) is 1.99. The number of dihydropyridines is 1. The molecule has 0 aliphatic carbocycles. The molecule has 0 fully saturated rings. The van der Waals surface area contributed by atoms with E-state index in [1.54, 1.807) is 0 Å². The SMILES string of the molecule is Cc1ccc(C2=CC(C)NC=C2)cc1.c1ccccc1. The van der Waals surface area contributed by atoms with E-state index in [2.05, 4.69) is 55.6 Å². The molecule has 1 aliphatic rings. The molecule has 1 unspecified atom stereocenters. The van der Waals surface area contributed by atoms with Crippen molar-refractivity contribution in [3.63, 3.8) is 0 Å². The Balaban J connectivity index is 0.000000205. The van der Waals surface area contributed by atoms with Crippen LogP contribution in [0.15, 0.2) is 79.0 Å². The number of hydrogen-bond acceptors (Lipinski definition) is 1. The van der Waals surface area contributed by atoms with Crippen LogP contribution in [-0.2, 0) is 0 Å². The van der Waals surface area contributed by atoms with Gasteiger partial charge in [0.1, 0.15) is 0 Å². The molecule has 0 aromatic heterocycles. The van der Waals surface area contributed by atoms with E-state index >= 15 is 0 Å². The summed E-state index contributed by atoms with van der Waals surface area (Å²) in [4.78, 5) is 0. The smallest absolute Gasteiger partial charge is 0.0419 e. The molecule has 0 saturated heterocycles. The molecule has 3 rings (SSSR count). The van der Waals surface area contributed by atoms with Gasteiger partial charge in [-0.05, 0) is 37.3 Å². The average molecular weight is 263 g/mol. The molecular weight excluding hydrogens is 242 g/mol. The highest BCUT2D eigenvalue weighted by Crippen LogP contribution is 2.19. The van der Waals surface area contributed by atoms with Crippen LogP contribution in [0, 0.1) is 6.92 Å². The van der Waals surface area contributed by atoms with Crippen molar-refractivity contribution in [3.05, 3.63) is 90.1 Å². The third-order valence-corrected chi connectivity index (χ3v) is 3.10. The maximum Gasteiger partial charge on any atom is 0.0419 e. The van der Waals surface area contributed by atoms with Crippen LogP contribution in [0.5, 0.6) is 0 Å². The minimum atomic E-state index is 0.427. The Morgan fingerprint density at radius 2 is 1.40 bits per heavy atom. The van der Waals surface area contributed by atoms with Gasteiger partial charge in [0.2, 0.25) is 0 Å². The van der Waals surface area contributed by atoms with Crippen molar-refractivity contribution in [1.82, 2.24) is 5.32 Å². The van der Waals surface area contributed by atoms with Crippen LogP contribution in [0.4, 0.5) is 0 Å². The molecule has 0 amide bonds. The molecule has 0 spiro atoms. The summed E-state index contributed by atoms with van der Waals surface area (Å²) in [7, 11) is 0. The van der Waals surface area contributed by atoms with Crippen LogP contribution in [0.25, 0.3) is 5.57 Å². The Labute approximate surface area is 121 Å². The predicted molar refractivity (Wildman–Crippen MR) is 87.3 cm³/mol. The summed E-state index contributed by atoms with van der Waals surface area (Å²) in [6, 6.07) is 21.1. The third kappa shape index (κ3) is 4.43. The maximum absolute atomic E-state index is 3.24. The van der Waals surface area contributed by atoms with E-state index in [1.807, 2.05) is 42.6 Å². The largest absolute Gasteiger partial charge is 0.385 e. The Bertz CT molecular complexity index is 538. The zero-order valence-corrected chi connectivity index (χ0v) is 12.1. The van der Waals surface area contributed by atoms with Crippen molar-refractivity contribution in [2.75, 3.05) is 0 Å². The van der Waals surface area contributed by atoms with Crippen molar-refractivity contribution in [2.45, 2.75) is 19.9 Å². The highest BCUT2D eigenvalue weighted by Gasteiger charge is 2.04. The van der Waals surface area contributed by atoms with Crippen LogP contribution >= 0.6 is 0 Å². The molecule has 0 bridgehead atoms. The van der Waals surface area contributed by atoms with Gasteiger partial charge in [0, 0.05) is 6.04 Å². The highest BCUT2D eigenvalue weighted by molar-refractivity contribution is 5.75. The molecule has 1 aliphatic heterocycles. The van der Waals surface area contributed by atoms with Gasteiger partial charge < -0.3 is 5.32 Å². The molecule has 102 valence electrons. The molecule has 0 saturated carbocycles. The summed E-state index contributed by atoms with van der Waals surface area (Å²) in [6.07, 6.45) is 6.37. The highest BCUT2D eigenvalue weighted by atomic mass is 14.9. The van der Waals surface area contributed by atoms with E-state index in [9.17, 15) is 0 Å². The van der Waals surface area contributed by atoms with Crippen molar-refractivity contribution in [2.24, 2.45) is 0 Å². The molecule has 20 heavy (non-hydrogen) atoms. The van der Waals surface area contributed by atoms with Gasteiger partial charge in [0.25, 0.3) is 0 Å². The summed E-state index contributed by atoms with van der Waals surface area (Å²) < 4.78 is 0. The molecule has 1 atom stereocenters. The van der Waals surface area contributed by atoms with E-state index in [0.717, 1.165) is 0 Å². The Hall–Kier alpha value is -2.28. The molecular formula is C19H21N. The monoisotopic (exact) mass is 263 g/mol. The molecule has 1 nitrogen and oxygen atoms in total. The number of nitrogens with one attached hydrogen (secondary N) is 1. The second-order valence-electron chi connectivity index (χ2n) is 4.93. The first kappa shape index (κ1) is 14.1. The van der Waals surface area contributed by atoms with Gasteiger partial charge in [-0.25, -0.2) is 0 Å². The third-order valence-electron chi connectivity index (χ3n) is 3.10. The van der Waals surface area contributed by atoms with E-state index in [-0.39, 0.29) is 0 Å². The van der Waals surface area contributed by atoms with Crippen LogP contribution in [0.2, 0.25) is 0 Å². The second-order valence-corrected chi connectivity index (χ2v) is 4.93. The molecule has 0 radical (unpaired) electrons. The van der Waals surface area contributed by atoms with Gasteiger partial charge in [-0.15, -0.1) is 0 Å². The van der Waals surface area contributed by atoms with Crippen molar-refractivity contribution >= 4 is 5.57 Å². The standard InChI is InChI=1S/C13H15N.C6H6/c1-10-3-5-12(6-4-10)13-7-8-14-11(2)9-13;1-2-4-6-5-3-1/h3-9,11,14H,1-2H3;1-6H. The quantitative estimate of drug-likeness (QED) is 0.794. The van der Waals surface area contributed by atoms with E-state index in [4.69, 9.17) is 0 Å². The van der Waals surface area contributed by atoms with Gasteiger partial charge in [-0.1, -0.05) is 72.3 Å². The zero-order chi connectivity index (χ0) is 14.2. The van der Waals surface area contributed by atoms with Gasteiger partial charge >= 0.3 is 0 Å². The first-order chi connectivity index (χ1) is 9.75. The van der Waals surface area contributed by atoms with Gasteiger partial charge in [-0.2, -0.15) is 0 Å². The fourth-order valence-electron chi connectivity index (χ4n) is 1.99. The molecule has 2 aromatic carbocycles. The number of rotatable bonds is 1. The summed E-state index contributed by atoms with van der Waals surface area (Å²) in [6.45, 7) is 4.26. The van der Waals surface area contributed by atoms with Gasteiger partial charge in [0.05, 0.1) is 0 Å². The zero-order valence-electron chi connectivity index (χ0n) is 12.1. The molecule has 1 N–H and O–H groups in total. The van der Waals surface area contributed by atoms with Crippen molar-refractivity contribution in [1.29, 1.82) is 0 Å². The van der Waals surface area contributed by atoms with Crippen LogP contribution in [-0.4, -0.2) is 6.04 Å². The van der Waals surface area contributed by atoms with E-state index < -0.39 is 0 Å². The van der Waals surface area contributed by atoms with Crippen LogP contribution in [0.3, 0.4) is 0 Å². The number of aryl methyl sites for hydroxylation is 1. The normalized spacial score (nSPS) is 16.5. The lowest BCUT2D eigenvalue weighted by Gasteiger charge is -2.14. The van der Waals surface area contributed by atoms with Gasteiger partial charge in [-0.3, -0.25) is 0 Å². The lowest BCUT2D eigenvalue weighted by atomic mass is 10.0. The van der Waals surface area contributed by atoms with Gasteiger partial charge in [0.15, 0.2) is 0 Å². The lowest BCUT2D eigenvalue weighted by Crippen LogP contribution is -2.20. The first-order valence-electron chi connectivity index (χ1n) is 6.97. The van der Waals surface area contributed by atoms with Crippen LogP contribution < -0.4 is 5.32 Å². The molecule has 2 aromatic rings. The van der Waals surface area contributed by atoms with Crippen molar-refractivity contribution < 1.29 is 0 Å². The summed E-state index contributed by atoms with van der Waals surface area (Å²) in [5.74, 6) is 0. The Morgan fingerprint density at radius 3 is 1.90 bits per heavy atom. The topological polar surface area (TPSA) is 12.0 Å². The van der Waals surface area contributed by atoms with E-state index in [1.165, 1.54) is 16.7 Å². The Kier molecular flexibility index (Phi) is 5.19. The molecule has 1 heterocycles. The summed E-state index contributed by atoms with van der Waals surface area (Å²) >= 11 is 0. The maximum atomic E-state index is 3.24. The lowest BCUT2D eigenvalue weighted by molar-refractivity contribution is 0.764. The number of hydrogen-bond donors (Lipinski definition) is 1. The Morgan fingerprint density at radius 1 is 0.850 bits per heavy atom. The van der Waals surface area contributed by atoms with Crippen LogP contribution in [0.1, 0.15) is 18.1 Å². The first-order valence-corrected chi connectivity index (χ1v) is 6.97. The summed E-state index contributed by atoms with van der Waals surface area (Å²) in [5.41, 5.74) is 3.90. The number of allylic oxidation sites excluding steroid dienone is 2. The minimum absolute atomic E-state index is 0.427. The minimum Gasteiger partial charge on any atom is -0.385 e. The summed E-state index contributed by atoms with van der Waals surface area (Å²) in [5, 5.41) is 3.24.